The zero-order valence-electron chi connectivity index (χ0n) is 6.37. The van der Waals surface area contributed by atoms with Gasteiger partial charge in [-0.1, -0.05) is 6.07 Å². The molecule has 0 amide bonds. The average Bonchev–Trinajstić information content (AvgIpc) is 1.97. The van der Waals surface area contributed by atoms with Gasteiger partial charge in [-0.3, -0.25) is 0 Å². The van der Waals surface area contributed by atoms with Crippen molar-refractivity contribution in [3.63, 3.8) is 0 Å². The molecule has 0 aliphatic carbocycles. The third-order valence-corrected chi connectivity index (χ3v) is 1.48. The summed E-state index contributed by atoms with van der Waals surface area (Å²) < 4.78 is 0. The van der Waals surface area contributed by atoms with E-state index in [9.17, 15) is 0 Å². The van der Waals surface area contributed by atoms with Gasteiger partial charge in [-0.15, -0.1) is 0 Å². The molecule has 0 fully saturated rings. The Morgan fingerprint density at radius 1 is 1.25 bits per heavy atom. The van der Waals surface area contributed by atoms with Crippen LogP contribution in [0.4, 0.5) is 17.1 Å². The molecule has 0 aromatic heterocycles. The van der Waals surface area contributed by atoms with Gasteiger partial charge in [-0.2, -0.15) is 0 Å². The molecule has 0 spiro atoms. The van der Waals surface area contributed by atoms with Gasteiger partial charge < -0.3 is 22.5 Å². The summed E-state index contributed by atoms with van der Waals surface area (Å²) in [4.78, 5) is 0. The van der Waals surface area contributed by atoms with E-state index in [4.69, 9.17) is 17.2 Å². The summed E-state index contributed by atoms with van der Waals surface area (Å²) in [7, 11) is 0. The first-order chi connectivity index (χ1) is 5.61. The Balaban J connectivity index is 3.04. The summed E-state index contributed by atoms with van der Waals surface area (Å²) in [6.07, 6.45) is 0. The van der Waals surface area contributed by atoms with Crippen molar-refractivity contribution in [3.05, 3.63) is 18.2 Å². The first-order valence-electron chi connectivity index (χ1n) is 3.31. The molecule has 0 saturated heterocycles. The highest BCUT2D eigenvalue weighted by Crippen LogP contribution is 2.24. The largest absolute Gasteiger partial charge is 0.397 e. The van der Waals surface area contributed by atoms with Crippen molar-refractivity contribution in [3.8, 4) is 0 Å². The van der Waals surface area contributed by atoms with Crippen molar-refractivity contribution in [1.29, 1.82) is 0 Å². The molecule has 5 heteroatoms. The Kier molecular flexibility index (Phi) is 2.35. The lowest BCUT2D eigenvalue weighted by Crippen LogP contribution is -2.20. The lowest BCUT2D eigenvalue weighted by molar-refractivity contribution is 1.59. The van der Waals surface area contributed by atoms with Gasteiger partial charge in [-0.25, -0.2) is 0 Å². The van der Waals surface area contributed by atoms with Crippen LogP contribution in [0.2, 0.25) is 0 Å². The van der Waals surface area contributed by atoms with Crippen LogP contribution in [0.15, 0.2) is 18.2 Å². The van der Waals surface area contributed by atoms with Crippen LogP contribution in [-0.2, 0) is 0 Å². The molecule has 64 valence electrons. The van der Waals surface area contributed by atoms with Crippen molar-refractivity contribution >= 4 is 34.4 Å². The fraction of sp³-hybridized carbons (Fsp3) is 0. The highest BCUT2D eigenvalue weighted by atomic mass is 32.1. The Hall–Kier alpha value is -1.49. The van der Waals surface area contributed by atoms with E-state index in [0.717, 1.165) is 0 Å². The molecule has 0 aliphatic heterocycles. The lowest BCUT2D eigenvalue weighted by atomic mass is 10.2. The van der Waals surface area contributed by atoms with E-state index in [2.05, 4.69) is 17.5 Å². The summed E-state index contributed by atoms with van der Waals surface area (Å²) in [5.41, 5.74) is 18.1. The minimum absolute atomic E-state index is 0.152. The second kappa shape index (κ2) is 3.27. The molecule has 0 unspecified atom stereocenters. The van der Waals surface area contributed by atoms with Crippen LogP contribution in [-0.4, -0.2) is 5.11 Å². The fourth-order valence-electron chi connectivity index (χ4n) is 0.856. The van der Waals surface area contributed by atoms with Crippen molar-refractivity contribution < 1.29 is 0 Å². The van der Waals surface area contributed by atoms with Crippen LogP contribution < -0.4 is 22.5 Å². The quantitative estimate of drug-likeness (QED) is 0.375. The van der Waals surface area contributed by atoms with E-state index in [-0.39, 0.29) is 5.11 Å². The van der Waals surface area contributed by atoms with Gasteiger partial charge in [0.15, 0.2) is 5.11 Å². The molecule has 12 heavy (non-hydrogen) atoms. The standard InChI is InChI=1S/C7H10N4S/c8-4-2-1-3-5(9)6(4)11-7(10)12/h1-3H,8-9H2,(H3,10,11,12). The van der Waals surface area contributed by atoms with Crippen LogP contribution >= 0.6 is 12.2 Å². The number of nitrogens with two attached hydrogens (primary N) is 3. The molecular formula is C7H10N4S. The normalized spacial score (nSPS) is 9.33. The van der Waals surface area contributed by atoms with Gasteiger partial charge >= 0.3 is 0 Å². The average molecular weight is 182 g/mol. The molecule has 1 rings (SSSR count). The second-order valence-corrected chi connectivity index (χ2v) is 2.74. The van der Waals surface area contributed by atoms with Gasteiger partial charge in [-0.05, 0) is 24.4 Å². The van der Waals surface area contributed by atoms with E-state index in [1.807, 2.05) is 0 Å². The van der Waals surface area contributed by atoms with E-state index in [1.165, 1.54) is 0 Å². The lowest BCUT2D eigenvalue weighted by Gasteiger charge is -2.09. The summed E-state index contributed by atoms with van der Waals surface area (Å²) >= 11 is 4.65. The number of para-hydroxylation sites is 1. The first kappa shape index (κ1) is 8.61. The Labute approximate surface area is 75.7 Å². The predicted molar refractivity (Wildman–Crippen MR) is 55.7 cm³/mol. The van der Waals surface area contributed by atoms with Gasteiger partial charge in [0.2, 0.25) is 0 Å². The van der Waals surface area contributed by atoms with Gasteiger partial charge in [0.1, 0.15) is 0 Å². The van der Waals surface area contributed by atoms with E-state index < -0.39 is 0 Å². The number of nitrogen functional groups attached to an aromatic ring is 2. The topological polar surface area (TPSA) is 90.1 Å². The summed E-state index contributed by atoms with van der Waals surface area (Å²) in [6.45, 7) is 0. The molecule has 7 N–H and O–H groups in total. The minimum Gasteiger partial charge on any atom is -0.397 e. The highest BCUT2D eigenvalue weighted by molar-refractivity contribution is 7.80. The third kappa shape index (κ3) is 1.76. The molecule has 1 aromatic rings. The van der Waals surface area contributed by atoms with Gasteiger partial charge in [0, 0.05) is 0 Å². The van der Waals surface area contributed by atoms with Crippen LogP contribution in [0.25, 0.3) is 0 Å². The third-order valence-electron chi connectivity index (χ3n) is 1.38. The number of nitrogens with one attached hydrogen (secondary N) is 1. The molecule has 0 radical (unpaired) electrons. The molecule has 0 heterocycles. The number of hydrogen-bond donors (Lipinski definition) is 4. The zero-order valence-corrected chi connectivity index (χ0v) is 7.19. The van der Waals surface area contributed by atoms with Crippen molar-refractivity contribution in [2.24, 2.45) is 5.73 Å². The molecule has 0 aliphatic rings. The Morgan fingerprint density at radius 3 is 2.17 bits per heavy atom. The van der Waals surface area contributed by atoms with Crippen molar-refractivity contribution in [2.45, 2.75) is 0 Å². The zero-order chi connectivity index (χ0) is 9.14. The van der Waals surface area contributed by atoms with E-state index >= 15 is 0 Å². The summed E-state index contributed by atoms with van der Waals surface area (Å²) in [5, 5.41) is 2.85. The predicted octanol–water partition coefficient (Wildman–Crippen LogP) is 0.506. The SMILES string of the molecule is NC(=S)Nc1c(N)cccc1N. The molecule has 1 aromatic carbocycles. The smallest absolute Gasteiger partial charge is 0.168 e. The second-order valence-electron chi connectivity index (χ2n) is 2.30. The fourth-order valence-corrected chi connectivity index (χ4v) is 0.958. The maximum absolute atomic E-state index is 5.61. The van der Waals surface area contributed by atoms with Gasteiger partial charge in [0.25, 0.3) is 0 Å². The molecule has 0 atom stereocenters. The van der Waals surface area contributed by atoms with Crippen molar-refractivity contribution in [1.82, 2.24) is 0 Å². The maximum Gasteiger partial charge on any atom is 0.168 e. The molecule has 0 saturated carbocycles. The number of hydrogen-bond acceptors (Lipinski definition) is 3. The number of rotatable bonds is 1. The van der Waals surface area contributed by atoms with Crippen molar-refractivity contribution in [2.75, 3.05) is 16.8 Å². The van der Waals surface area contributed by atoms with Crippen LogP contribution in [0.3, 0.4) is 0 Å². The Bertz CT molecular complexity index is 290. The molecule has 4 nitrogen and oxygen atoms in total. The van der Waals surface area contributed by atoms with Gasteiger partial charge in [0.05, 0.1) is 17.1 Å². The Morgan fingerprint density at radius 2 is 1.75 bits per heavy atom. The van der Waals surface area contributed by atoms with Crippen LogP contribution in [0, 0.1) is 0 Å². The molecular weight excluding hydrogens is 172 g/mol. The number of benzene rings is 1. The summed E-state index contributed by atoms with van der Waals surface area (Å²) in [6, 6.07) is 5.20. The van der Waals surface area contributed by atoms with Crippen LogP contribution in [0.1, 0.15) is 0 Å². The van der Waals surface area contributed by atoms with Crippen LogP contribution in [0.5, 0.6) is 0 Å². The first-order valence-corrected chi connectivity index (χ1v) is 3.72. The van der Waals surface area contributed by atoms with E-state index in [0.29, 0.717) is 17.1 Å². The summed E-state index contributed by atoms with van der Waals surface area (Å²) in [5.74, 6) is 0. The monoisotopic (exact) mass is 182 g/mol. The maximum atomic E-state index is 5.61. The number of thiocarbonyl (C=S) groups is 1. The number of anilines is 3. The minimum atomic E-state index is 0.152. The van der Waals surface area contributed by atoms with E-state index in [1.54, 1.807) is 18.2 Å². The highest BCUT2D eigenvalue weighted by Gasteiger charge is 2.02. The molecule has 0 bridgehead atoms.